The number of nitrogens with one attached hydrogen (secondary N) is 1. The first-order chi connectivity index (χ1) is 15.7. The molecule has 0 atom stereocenters. The third-order valence-electron chi connectivity index (χ3n) is 5.81. The van der Waals surface area contributed by atoms with Crippen molar-refractivity contribution in [1.82, 2.24) is 29.7 Å². The Labute approximate surface area is 188 Å². The molecule has 9 heteroatoms. The van der Waals surface area contributed by atoms with E-state index in [2.05, 4.69) is 41.8 Å². The van der Waals surface area contributed by atoms with E-state index in [0.29, 0.717) is 24.1 Å². The smallest absolute Gasteiger partial charge is 0.183 e. The number of hydrogen-bond donors (Lipinski definition) is 1. The lowest BCUT2D eigenvalue weighted by Gasteiger charge is -2.29. The number of aromatic amines is 1. The summed E-state index contributed by atoms with van der Waals surface area (Å²) in [5, 5.41) is 8.95. The maximum atomic E-state index is 6.42. The molecule has 6 rings (SSSR count). The fourth-order valence-corrected chi connectivity index (χ4v) is 4.49. The number of aromatic nitrogens is 6. The van der Waals surface area contributed by atoms with Gasteiger partial charge in [0.1, 0.15) is 17.7 Å². The molecule has 8 nitrogen and oxygen atoms in total. The van der Waals surface area contributed by atoms with E-state index in [0.717, 1.165) is 57.8 Å². The van der Waals surface area contributed by atoms with Crippen molar-refractivity contribution in [3.05, 3.63) is 59.8 Å². The molecule has 0 spiro atoms. The Morgan fingerprint density at radius 3 is 2.75 bits per heavy atom. The minimum Gasteiger partial charge on any atom is -0.378 e. The largest absolute Gasteiger partial charge is 0.378 e. The summed E-state index contributed by atoms with van der Waals surface area (Å²) < 4.78 is 7.64. The topological polar surface area (TPSA) is 84.8 Å². The average molecular weight is 446 g/mol. The number of hydrogen-bond acceptors (Lipinski definition) is 6. The van der Waals surface area contributed by atoms with E-state index in [-0.39, 0.29) is 0 Å². The summed E-state index contributed by atoms with van der Waals surface area (Å²) in [5.41, 5.74) is 5.53. The van der Waals surface area contributed by atoms with E-state index in [1.807, 2.05) is 37.5 Å². The minimum absolute atomic E-state index is 0.625. The van der Waals surface area contributed by atoms with Crippen molar-refractivity contribution in [3.8, 4) is 17.1 Å². The van der Waals surface area contributed by atoms with Crippen LogP contribution in [0.25, 0.3) is 39.0 Å². The van der Waals surface area contributed by atoms with Crippen LogP contribution in [0.4, 0.5) is 5.69 Å². The van der Waals surface area contributed by atoms with Gasteiger partial charge in [-0.15, -0.1) is 0 Å². The van der Waals surface area contributed by atoms with Gasteiger partial charge in [-0.1, -0.05) is 23.7 Å². The van der Waals surface area contributed by atoms with Gasteiger partial charge < -0.3 is 9.64 Å². The Kier molecular flexibility index (Phi) is 4.55. The van der Waals surface area contributed by atoms with E-state index in [4.69, 9.17) is 21.3 Å². The molecular weight excluding hydrogens is 426 g/mol. The highest BCUT2D eigenvalue weighted by Crippen LogP contribution is 2.34. The van der Waals surface area contributed by atoms with Gasteiger partial charge in [0.2, 0.25) is 0 Å². The maximum Gasteiger partial charge on any atom is 0.183 e. The molecule has 5 aromatic rings. The molecule has 1 fully saturated rings. The number of anilines is 1. The highest BCUT2D eigenvalue weighted by Gasteiger charge is 2.20. The van der Waals surface area contributed by atoms with Crippen LogP contribution in [0.3, 0.4) is 0 Å². The van der Waals surface area contributed by atoms with Crippen LogP contribution in [0.1, 0.15) is 5.82 Å². The van der Waals surface area contributed by atoms with Gasteiger partial charge in [-0.05, 0) is 31.2 Å². The van der Waals surface area contributed by atoms with Crippen LogP contribution in [0.5, 0.6) is 0 Å². The van der Waals surface area contributed by atoms with Crippen molar-refractivity contribution in [3.63, 3.8) is 0 Å². The molecule has 0 bridgehead atoms. The van der Waals surface area contributed by atoms with Crippen LogP contribution in [-0.2, 0) is 4.74 Å². The summed E-state index contributed by atoms with van der Waals surface area (Å²) in [6.45, 7) is 4.98. The molecule has 32 heavy (non-hydrogen) atoms. The molecule has 0 radical (unpaired) electrons. The third kappa shape index (κ3) is 3.11. The number of aryl methyl sites for hydroxylation is 1. The molecule has 1 aliphatic rings. The summed E-state index contributed by atoms with van der Waals surface area (Å²) in [4.78, 5) is 16.1. The lowest BCUT2D eigenvalue weighted by molar-refractivity contribution is 0.122. The number of ether oxygens (including phenoxy) is 1. The number of halogens is 1. The normalized spacial score (nSPS) is 14.5. The van der Waals surface area contributed by atoms with Gasteiger partial charge in [0.15, 0.2) is 5.82 Å². The summed E-state index contributed by atoms with van der Waals surface area (Å²) in [7, 11) is 0. The molecule has 2 aromatic carbocycles. The van der Waals surface area contributed by atoms with Crippen molar-refractivity contribution in [1.29, 1.82) is 0 Å². The molecule has 1 saturated heterocycles. The second-order valence-corrected chi connectivity index (χ2v) is 8.19. The van der Waals surface area contributed by atoms with Crippen molar-refractivity contribution in [2.75, 3.05) is 31.2 Å². The van der Waals surface area contributed by atoms with Gasteiger partial charge in [-0.25, -0.2) is 9.97 Å². The molecule has 0 aliphatic carbocycles. The number of H-pyrrole nitrogens is 1. The van der Waals surface area contributed by atoms with E-state index in [1.54, 1.807) is 6.20 Å². The van der Waals surface area contributed by atoms with Crippen LogP contribution in [0.15, 0.2) is 48.9 Å². The molecule has 1 N–H and O–H groups in total. The van der Waals surface area contributed by atoms with Gasteiger partial charge in [0, 0.05) is 30.4 Å². The predicted octanol–water partition coefficient (Wildman–Crippen LogP) is 4.16. The number of fused-ring (bicyclic) bond motifs is 2. The van der Waals surface area contributed by atoms with Crippen molar-refractivity contribution in [2.45, 2.75) is 6.92 Å². The number of para-hydroxylation sites is 1. The molecule has 0 unspecified atom stereocenters. The van der Waals surface area contributed by atoms with Gasteiger partial charge in [-0.3, -0.25) is 14.6 Å². The van der Waals surface area contributed by atoms with Gasteiger partial charge >= 0.3 is 0 Å². The number of rotatable bonds is 3. The molecule has 1 aliphatic heterocycles. The first-order valence-electron chi connectivity index (χ1n) is 10.5. The zero-order chi connectivity index (χ0) is 21.7. The average Bonchev–Trinajstić information content (AvgIpc) is 3.45. The second kappa shape index (κ2) is 7.58. The van der Waals surface area contributed by atoms with Gasteiger partial charge in [0.05, 0.1) is 40.5 Å². The molecule has 3 aromatic heterocycles. The zero-order valence-corrected chi connectivity index (χ0v) is 18.2. The van der Waals surface area contributed by atoms with Crippen molar-refractivity contribution in [2.24, 2.45) is 0 Å². The van der Waals surface area contributed by atoms with Crippen LogP contribution >= 0.6 is 11.6 Å². The number of benzene rings is 2. The predicted molar refractivity (Wildman–Crippen MR) is 125 cm³/mol. The quantitative estimate of drug-likeness (QED) is 0.449. The highest BCUT2D eigenvalue weighted by molar-refractivity contribution is 6.35. The maximum absolute atomic E-state index is 6.42. The van der Waals surface area contributed by atoms with Gasteiger partial charge in [-0.2, -0.15) is 5.10 Å². The summed E-state index contributed by atoms with van der Waals surface area (Å²) >= 11 is 6.42. The molecule has 0 saturated carbocycles. The lowest BCUT2D eigenvalue weighted by atomic mass is 10.1. The summed E-state index contributed by atoms with van der Waals surface area (Å²) in [5.74, 6) is 1.40. The van der Waals surface area contributed by atoms with E-state index in [1.165, 1.54) is 0 Å². The van der Waals surface area contributed by atoms with Gasteiger partial charge in [0.25, 0.3) is 0 Å². The third-order valence-corrected chi connectivity index (χ3v) is 6.11. The Bertz CT molecular complexity index is 1450. The number of nitrogens with zero attached hydrogens (tertiary/aromatic N) is 6. The standard InChI is InChI=1S/C23H20ClN7O/c1-14-27-23(29-28-14)17-11-15(30-7-9-32-10-8-30)12-20-22(17)26-13-31(20)19-5-6-25-21-16(19)3-2-4-18(21)24/h2-6,11-13H,7-10H2,1H3,(H,27,28,29). The van der Waals surface area contributed by atoms with E-state index >= 15 is 0 Å². The first kappa shape index (κ1) is 19.2. The highest BCUT2D eigenvalue weighted by atomic mass is 35.5. The Hall–Kier alpha value is -3.49. The number of imidazole rings is 1. The molecular formula is C23H20ClN7O. The van der Waals surface area contributed by atoms with Crippen LogP contribution in [0, 0.1) is 6.92 Å². The zero-order valence-electron chi connectivity index (χ0n) is 17.4. The Morgan fingerprint density at radius 2 is 1.94 bits per heavy atom. The minimum atomic E-state index is 0.625. The Balaban J connectivity index is 1.62. The fraction of sp³-hybridized carbons (Fsp3) is 0.217. The van der Waals surface area contributed by atoms with Crippen LogP contribution in [-0.4, -0.2) is 56.0 Å². The van der Waals surface area contributed by atoms with Crippen LogP contribution in [0.2, 0.25) is 5.02 Å². The summed E-state index contributed by atoms with van der Waals surface area (Å²) in [6.07, 6.45) is 3.62. The first-order valence-corrected chi connectivity index (χ1v) is 10.8. The number of morpholine rings is 1. The molecule has 160 valence electrons. The van der Waals surface area contributed by atoms with Crippen molar-refractivity contribution >= 4 is 39.2 Å². The fourth-order valence-electron chi connectivity index (χ4n) is 4.27. The van der Waals surface area contributed by atoms with Crippen LogP contribution < -0.4 is 4.90 Å². The SMILES string of the molecule is Cc1nc(-c2cc(N3CCOCC3)cc3c2ncn3-c2ccnc3c(Cl)cccc23)n[nH]1. The molecule has 4 heterocycles. The Morgan fingerprint density at radius 1 is 1.06 bits per heavy atom. The monoisotopic (exact) mass is 445 g/mol. The van der Waals surface area contributed by atoms with E-state index in [9.17, 15) is 0 Å². The second-order valence-electron chi connectivity index (χ2n) is 7.79. The van der Waals surface area contributed by atoms with E-state index < -0.39 is 0 Å². The lowest BCUT2D eigenvalue weighted by Crippen LogP contribution is -2.36. The van der Waals surface area contributed by atoms with Crippen molar-refractivity contribution < 1.29 is 4.74 Å². The number of pyridine rings is 1. The molecule has 0 amide bonds. The summed E-state index contributed by atoms with van der Waals surface area (Å²) in [6, 6.07) is 12.1.